The Bertz CT molecular complexity index is 1360. The molecular weight excluding hydrogens is 500 g/mol. The van der Waals surface area contributed by atoms with Crippen LogP contribution < -0.4 is 20.7 Å². The second kappa shape index (κ2) is 11.2. The molecule has 0 unspecified atom stereocenters. The van der Waals surface area contributed by atoms with Gasteiger partial charge in [-0.05, 0) is 0 Å². The zero-order valence-electron chi connectivity index (χ0n) is 20.7. The molecule has 0 fully saturated rings. The van der Waals surface area contributed by atoms with Gasteiger partial charge in [0, 0.05) is 0 Å². The van der Waals surface area contributed by atoms with Crippen molar-refractivity contribution in [3.8, 4) is 5.75 Å². The number of alkyl halides is 3. The van der Waals surface area contributed by atoms with E-state index in [-0.39, 0.29) is 12.4 Å². The van der Waals surface area contributed by atoms with Crippen molar-refractivity contribution in [1.82, 2.24) is 0 Å². The number of ether oxygens (including phenoxy) is 1. The van der Waals surface area contributed by atoms with Gasteiger partial charge in [-0.3, -0.25) is 0 Å². The van der Waals surface area contributed by atoms with Crippen LogP contribution in [0, 0.1) is 0 Å². The van der Waals surface area contributed by atoms with Gasteiger partial charge in [0.2, 0.25) is 0 Å². The number of rotatable bonds is 8. The first-order chi connectivity index (χ1) is 18.5. The number of benzene rings is 5. The summed E-state index contributed by atoms with van der Waals surface area (Å²) in [7, 11) is -2.74. The number of halogens is 3. The van der Waals surface area contributed by atoms with E-state index in [9.17, 15) is 13.2 Å². The Morgan fingerprint density at radius 2 is 0.974 bits per heavy atom. The van der Waals surface area contributed by atoms with Crippen molar-refractivity contribution in [1.29, 1.82) is 0 Å². The molecular formula is C33H28F3OP. The first-order valence-corrected chi connectivity index (χ1v) is 14.7. The van der Waals surface area contributed by atoms with Gasteiger partial charge in [-0.1, -0.05) is 0 Å². The van der Waals surface area contributed by atoms with E-state index in [1.807, 2.05) is 84.9 Å². The summed E-state index contributed by atoms with van der Waals surface area (Å²) >= 11 is 0. The molecule has 0 N–H and O–H groups in total. The molecule has 0 aromatic heterocycles. The molecule has 5 heteroatoms. The quantitative estimate of drug-likeness (QED) is 0.189. The molecule has 1 nitrogen and oxygen atoms in total. The van der Waals surface area contributed by atoms with E-state index in [1.54, 1.807) is 6.07 Å². The minimum atomic E-state index is -4.54. The Morgan fingerprint density at radius 3 is 1.42 bits per heavy atom. The monoisotopic (exact) mass is 528 g/mol. The van der Waals surface area contributed by atoms with Crippen molar-refractivity contribution < 1.29 is 17.9 Å². The maximum absolute atomic E-state index is 14.3. The molecule has 5 rings (SSSR count). The molecule has 0 amide bonds. The number of hydrogen-bond donors (Lipinski definition) is 0. The predicted molar refractivity (Wildman–Crippen MR) is 152 cm³/mol. The van der Waals surface area contributed by atoms with Crippen LogP contribution in [0.15, 0.2) is 140 Å². The van der Waals surface area contributed by atoms with Crippen LogP contribution in [0.3, 0.4) is 0 Å². The zero-order valence-corrected chi connectivity index (χ0v) is 21.7. The van der Waals surface area contributed by atoms with Gasteiger partial charge in [-0.25, -0.2) is 0 Å². The van der Waals surface area contributed by atoms with Gasteiger partial charge < -0.3 is 0 Å². The Labute approximate surface area is 221 Å². The first-order valence-electron chi connectivity index (χ1n) is 12.5. The van der Waals surface area contributed by atoms with E-state index in [0.29, 0.717) is 11.7 Å². The molecule has 5 aromatic rings. The molecule has 0 saturated heterocycles. The van der Waals surface area contributed by atoms with Gasteiger partial charge >= 0.3 is 222 Å². The van der Waals surface area contributed by atoms with E-state index in [4.69, 9.17) is 4.74 Å². The molecule has 0 heterocycles. The molecule has 0 aliphatic carbocycles. The number of hydrogen-bond acceptors (Lipinski definition) is 1. The van der Waals surface area contributed by atoms with Crippen LogP contribution in [-0.2, 0) is 18.9 Å². The Hall–Kier alpha value is -3.88. The standard InChI is InChI=1S/C33H28F3OP/c34-33(35,36)31-23-27(21-22-32(31)37-24-26-13-5-1-6-14-26)25-38(28-15-7-2-8-16-28,29-17-9-3-10-18-29)30-19-11-4-12-20-30/h1-23,38H,24-25H2. The third kappa shape index (κ3) is 5.51. The van der Waals surface area contributed by atoms with Crippen LogP contribution in [0.2, 0.25) is 0 Å². The summed E-state index contributed by atoms with van der Waals surface area (Å²) in [6, 6.07) is 44.3. The van der Waals surface area contributed by atoms with Crippen molar-refractivity contribution in [2.45, 2.75) is 18.9 Å². The Kier molecular flexibility index (Phi) is 7.62. The predicted octanol–water partition coefficient (Wildman–Crippen LogP) is 7.51. The average Bonchev–Trinajstić information content (AvgIpc) is 2.96. The van der Waals surface area contributed by atoms with Gasteiger partial charge in [0.1, 0.15) is 0 Å². The van der Waals surface area contributed by atoms with E-state index >= 15 is 0 Å². The summed E-state index contributed by atoms with van der Waals surface area (Å²) in [5.74, 6) is -0.156. The van der Waals surface area contributed by atoms with Crippen molar-refractivity contribution in [2.75, 3.05) is 0 Å². The summed E-state index contributed by atoms with van der Waals surface area (Å²) in [5.41, 5.74) is 0.698. The van der Waals surface area contributed by atoms with Gasteiger partial charge in [0.05, 0.1) is 0 Å². The molecule has 5 aromatic carbocycles. The second-order valence-corrected chi connectivity index (χ2v) is 13.2. The van der Waals surface area contributed by atoms with Crippen LogP contribution in [0.1, 0.15) is 16.7 Å². The average molecular weight is 529 g/mol. The Balaban J connectivity index is 1.62. The van der Waals surface area contributed by atoms with Crippen LogP contribution >= 0.6 is 7.26 Å². The molecule has 0 aliphatic rings. The fraction of sp³-hybridized carbons (Fsp3) is 0.0909. The third-order valence-electron chi connectivity index (χ3n) is 6.86. The van der Waals surface area contributed by atoms with Crippen molar-refractivity contribution in [3.05, 3.63) is 156 Å². The van der Waals surface area contributed by atoms with Crippen molar-refractivity contribution in [2.24, 2.45) is 0 Å². The first kappa shape index (κ1) is 25.8. The summed E-state index contributed by atoms with van der Waals surface area (Å²) < 4.78 is 48.5. The van der Waals surface area contributed by atoms with Crippen LogP contribution in [0.4, 0.5) is 13.2 Å². The molecule has 0 aliphatic heterocycles. The maximum atomic E-state index is 14.3. The van der Waals surface area contributed by atoms with Crippen molar-refractivity contribution in [3.63, 3.8) is 0 Å². The summed E-state index contributed by atoms with van der Waals surface area (Å²) in [6.45, 7) is 0.0694. The fourth-order valence-corrected chi connectivity index (χ4v) is 9.78. The summed E-state index contributed by atoms with van der Waals surface area (Å²) in [5, 5.41) is 3.45. The molecule has 0 spiro atoms. The van der Waals surface area contributed by atoms with E-state index in [1.165, 1.54) is 12.1 Å². The fourth-order valence-electron chi connectivity index (χ4n) is 5.05. The molecule has 38 heavy (non-hydrogen) atoms. The summed E-state index contributed by atoms with van der Waals surface area (Å²) in [6.07, 6.45) is -4.06. The molecule has 0 saturated carbocycles. The zero-order chi connectivity index (χ0) is 26.4. The Morgan fingerprint density at radius 1 is 0.526 bits per heavy atom. The van der Waals surface area contributed by atoms with E-state index in [0.717, 1.165) is 21.5 Å². The van der Waals surface area contributed by atoms with E-state index < -0.39 is 19.0 Å². The van der Waals surface area contributed by atoms with Crippen molar-refractivity contribution >= 4 is 23.2 Å². The topological polar surface area (TPSA) is 9.23 Å². The van der Waals surface area contributed by atoms with Gasteiger partial charge in [-0.15, -0.1) is 0 Å². The molecule has 192 valence electrons. The van der Waals surface area contributed by atoms with Crippen LogP contribution in [0.5, 0.6) is 5.75 Å². The molecule has 0 atom stereocenters. The summed E-state index contributed by atoms with van der Waals surface area (Å²) in [4.78, 5) is 0. The van der Waals surface area contributed by atoms with Crippen LogP contribution in [0.25, 0.3) is 0 Å². The van der Waals surface area contributed by atoms with Gasteiger partial charge in [0.15, 0.2) is 0 Å². The third-order valence-corrected chi connectivity index (χ3v) is 11.8. The van der Waals surface area contributed by atoms with Gasteiger partial charge in [-0.2, -0.15) is 0 Å². The molecule has 0 radical (unpaired) electrons. The normalized spacial score (nSPS) is 12.2. The van der Waals surface area contributed by atoms with Crippen LogP contribution in [-0.4, -0.2) is 0 Å². The van der Waals surface area contributed by atoms with E-state index in [2.05, 4.69) is 36.4 Å². The van der Waals surface area contributed by atoms with Gasteiger partial charge in [0.25, 0.3) is 0 Å². The molecule has 0 bridgehead atoms. The minimum absolute atomic E-state index is 0.0694. The second-order valence-electron chi connectivity index (χ2n) is 9.28. The SMILES string of the molecule is FC(F)(F)c1cc(C[PH](c2ccccc2)(c2ccccc2)c2ccccc2)ccc1OCc1ccccc1.